The minimum Gasteiger partial charge on any atom is -0.456 e. The van der Waals surface area contributed by atoms with Gasteiger partial charge in [0.1, 0.15) is 11.2 Å². The first-order valence-electron chi connectivity index (χ1n) is 18.0. The predicted molar refractivity (Wildman–Crippen MR) is 221 cm³/mol. The van der Waals surface area contributed by atoms with Gasteiger partial charge in [-0.25, -0.2) is 0 Å². The molecule has 3 atom stereocenters. The Bertz CT molecular complexity index is 2930. The summed E-state index contributed by atoms with van der Waals surface area (Å²) in [6.07, 6.45) is 8.91. The average Bonchev–Trinajstić information content (AvgIpc) is 3.88. The van der Waals surface area contributed by atoms with Crippen LogP contribution in [-0.4, -0.2) is 18.1 Å². The number of hydrogen-bond acceptors (Lipinski definition) is 6. The summed E-state index contributed by atoms with van der Waals surface area (Å²) in [6, 6.07) is 44.6. The third-order valence-corrected chi connectivity index (χ3v) is 13.5. The lowest BCUT2D eigenvalue weighted by atomic mass is 9.97. The Labute approximate surface area is 309 Å². The molecule has 52 heavy (non-hydrogen) atoms. The molecule has 0 bridgehead atoms. The molecule has 2 aliphatic rings. The number of thiophene rings is 2. The second-order valence-electron chi connectivity index (χ2n) is 14.1. The van der Waals surface area contributed by atoms with E-state index < -0.39 is 0 Å². The lowest BCUT2D eigenvalue weighted by molar-refractivity contribution is 0.0513. The van der Waals surface area contributed by atoms with Gasteiger partial charge in [-0.2, -0.15) is 0 Å². The van der Waals surface area contributed by atoms with Crippen LogP contribution in [0.4, 0.5) is 0 Å². The van der Waals surface area contributed by atoms with Gasteiger partial charge in [0, 0.05) is 51.1 Å². The molecule has 1 aliphatic carbocycles. The van der Waals surface area contributed by atoms with Crippen molar-refractivity contribution in [3.05, 3.63) is 156 Å². The molecule has 0 radical (unpaired) electrons. The van der Waals surface area contributed by atoms with Crippen LogP contribution in [0.15, 0.2) is 150 Å². The summed E-state index contributed by atoms with van der Waals surface area (Å²) < 4.78 is 11.9. The third kappa shape index (κ3) is 4.83. The second-order valence-corrected chi connectivity index (χ2v) is 16.3. The SMILES string of the molecule is CN1C(c2ccc3c(c2)sc2ccccc23)NC(C2=CC=CCC2)NC1c1ccc2oc3cc(-c4cccc5c4sc4ccccc45)ccc3c2c1. The van der Waals surface area contributed by atoms with Crippen molar-refractivity contribution in [2.75, 3.05) is 7.05 Å². The summed E-state index contributed by atoms with van der Waals surface area (Å²) in [7, 11) is 2.23. The highest BCUT2D eigenvalue weighted by Gasteiger charge is 2.36. The lowest BCUT2D eigenvalue weighted by Gasteiger charge is -2.46. The number of fused-ring (bicyclic) bond motifs is 9. The van der Waals surface area contributed by atoms with Gasteiger partial charge >= 0.3 is 0 Å². The number of rotatable bonds is 4. The number of nitrogens with one attached hydrogen (secondary N) is 2. The van der Waals surface area contributed by atoms with Crippen molar-refractivity contribution in [2.45, 2.75) is 31.3 Å². The molecule has 6 aromatic carbocycles. The first-order valence-corrected chi connectivity index (χ1v) is 19.7. The monoisotopic (exact) mass is 709 g/mol. The summed E-state index contributed by atoms with van der Waals surface area (Å²) in [5, 5.41) is 15.6. The quantitative estimate of drug-likeness (QED) is 0.191. The van der Waals surface area contributed by atoms with Gasteiger partial charge in [0.2, 0.25) is 0 Å². The average molecular weight is 710 g/mol. The summed E-state index contributed by atoms with van der Waals surface area (Å²) in [5.74, 6) is 0. The first kappa shape index (κ1) is 30.5. The van der Waals surface area contributed by atoms with Gasteiger partial charge in [0.05, 0.1) is 18.5 Å². The number of allylic oxidation sites excluding steroid dienone is 3. The van der Waals surface area contributed by atoms with Crippen molar-refractivity contribution >= 4 is 85.0 Å². The minimum atomic E-state index is -0.0136. The maximum atomic E-state index is 6.57. The Morgan fingerprint density at radius 1 is 0.615 bits per heavy atom. The number of benzene rings is 6. The molecule has 11 rings (SSSR count). The fraction of sp³-hybridized carbons (Fsp3) is 0.130. The number of hydrogen-bond donors (Lipinski definition) is 2. The molecule has 1 fully saturated rings. The molecule has 4 nitrogen and oxygen atoms in total. The van der Waals surface area contributed by atoms with Gasteiger partial charge in [0.25, 0.3) is 0 Å². The van der Waals surface area contributed by atoms with Crippen molar-refractivity contribution < 1.29 is 4.42 Å². The van der Waals surface area contributed by atoms with E-state index in [9.17, 15) is 0 Å². The van der Waals surface area contributed by atoms with E-state index in [1.165, 1.54) is 68.2 Å². The van der Waals surface area contributed by atoms with Crippen LogP contribution in [0, 0.1) is 0 Å². The fourth-order valence-corrected chi connectivity index (χ4v) is 10.9. The van der Waals surface area contributed by atoms with Crippen LogP contribution in [0.2, 0.25) is 0 Å². The Morgan fingerprint density at radius 3 is 2.15 bits per heavy atom. The van der Waals surface area contributed by atoms with E-state index in [0.717, 1.165) is 34.8 Å². The zero-order valence-corrected chi connectivity index (χ0v) is 30.2. The smallest absolute Gasteiger partial charge is 0.136 e. The fourth-order valence-electron chi connectivity index (χ4n) is 8.51. The zero-order chi connectivity index (χ0) is 34.3. The van der Waals surface area contributed by atoms with Crippen LogP contribution >= 0.6 is 22.7 Å². The lowest BCUT2D eigenvalue weighted by Crippen LogP contribution is -2.60. The van der Waals surface area contributed by atoms with Crippen molar-refractivity contribution in [1.29, 1.82) is 0 Å². The summed E-state index contributed by atoms with van der Waals surface area (Å²) in [4.78, 5) is 2.44. The van der Waals surface area contributed by atoms with Gasteiger partial charge in [-0.05, 0) is 90.2 Å². The van der Waals surface area contributed by atoms with Gasteiger partial charge < -0.3 is 4.42 Å². The summed E-state index contributed by atoms with van der Waals surface area (Å²) >= 11 is 3.75. The maximum absolute atomic E-state index is 6.57. The zero-order valence-electron chi connectivity index (χ0n) is 28.6. The normalized spacial score (nSPS) is 19.9. The highest BCUT2D eigenvalue weighted by atomic mass is 32.1. The molecule has 3 aromatic heterocycles. The number of furan rings is 1. The molecule has 4 heterocycles. The van der Waals surface area contributed by atoms with Crippen LogP contribution < -0.4 is 10.6 Å². The molecular weight excluding hydrogens is 675 g/mol. The van der Waals surface area contributed by atoms with E-state index in [1.807, 2.05) is 22.7 Å². The molecule has 3 unspecified atom stereocenters. The predicted octanol–water partition coefficient (Wildman–Crippen LogP) is 12.4. The summed E-state index contributed by atoms with van der Waals surface area (Å²) in [5.41, 5.74) is 8.16. The highest BCUT2D eigenvalue weighted by Crippen LogP contribution is 2.43. The largest absolute Gasteiger partial charge is 0.456 e. The standard InChI is InChI=1S/C46H35N3OS2/c1-49-45(47-44(27-10-3-2-4-11-27)48-46(49)30-19-22-35-33-12-5-7-16-40(33)51-42(35)26-30)29-20-23-38-37(24-29)32-21-18-28(25-39(32)50-38)31-14-9-15-36-34-13-6-8-17-41(34)52-43(31)36/h2-3,5-10,12-26,44-48H,4,11H2,1H3. The van der Waals surface area contributed by atoms with Crippen molar-refractivity contribution in [3.8, 4) is 11.1 Å². The van der Waals surface area contributed by atoms with Gasteiger partial charge in [-0.1, -0.05) is 97.1 Å². The Kier molecular flexibility index (Phi) is 7.04. The van der Waals surface area contributed by atoms with E-state index in [-0.39, 0.29) is 18.5 Å². The second kappa shape index (κ2) is 12.0. The van der Waals surface area contributed by atoms with E-state index in [1.54, 1.807) is 0 Å². The van der Waals surface area contributed by atoms with Gasteiger partial charge in [0.15, 0.2) is 0 Å². The Morgan fingerprint density at radius 2 is 1.33 bits per heavy atom. The van der Waals surface area contributed by atoms with E-state index in [0.29, 0.717) is 0 Å². The Hall–Kier alpha value is -5.08. The molecular formula is C46H35N3OS2. The molecule has 0 saturated carbocycles. The van der Waals surface area contributed by atoms with Crippen molar-refractivity contribution in [3.63, 3.8) is 0 Å². The molecule has 6 heteroatoms. The molecule has 1 aliphatic heterocycles. The van der Waals surface area contributed by atoms with Crippen LogP contribution in [-0.2, 0) is 0 Å². The molecule has 2 N–H and O–H groups in total. The maximum Gasteiger partial charge on any atom is 0.136 e. The van der Waals surface area contributed by atoms with E-state index in [2.05, 4.69) is 162 Å². The Balaban J connectivity index is 0.987. The molecule has 9 aromatic rings. The van der Waals surface area contributed by atoms with Crippen LogP contribution in [0.25, 0.3) is 73.4 Å². The van der Waals surface area contributed by atoms with Gasteiger partial charge in [-0.3, -0.25) is 15.5 Å². The minimum absolute atomic E-state index is 0.0136. The molecule has 252 valence electrons. The third-order valence-electron chi connectivity index (χ3n) is 11.1. The summed E-state index contributed by atoms with van der Waals surface area (Å²) in [6.45, 7) is 0. The first-order chi connectivity index (χ1) is 25.7. The van der Waals surface area contributed by atoms with E-state index in [4.69, 9.17) is 4.42 Å². The van der Waals surface area contributed by atoms with Crippen LogP contribution in [0.1, 0.15) is 36.3 Å². The molecule has 1 saturated heterocycles. The molecule has 0 amide bonds. The van der Waals surface area contributed by atoms with Crippen molar-refractivity contribution in [1.82, 2.24) is 15.5 Å². The topological polar surface area (TPSA) is 40.4 Å². The van der Waals surface area contributed by atoms with Gasteiger partial charge in [-0.15, -0.1) is 22.7 Å². The van der Waals surface area contributed by atoms with Crippen molar-refractivity contribution in [2.24, 2.45) is 0 Å². The highest BCUT2D eigenvalue weighted by molar-refractivity contribution is 7.26. The van der Waals surface area contributed by atoms with Crippen LogP contribution in [0.5, 0.6) is 0 Å². The molecule has 0 spiro atoms. The number of nitrogens with zero attached hydrogens (tertiary/aromatic N) is 1. The van der Waals surface area contributed by atoms with E-state index >= 15 is 0 Å². The van der Waals surface area contributed by atoms with Crippen LogP contribution in [0.3, 0.4) is 0 Å².